The van der Waals surface area contributed by atoms with Crippen LogP contribution in [0.5, 0.6) is 11.6 Å². The lowest BCUT2D eigenvalue weighted by molar-refractivity contribution is -0.140. The molecule has 0 unspecified atom stereocenters. The maximum absolute atomic E-state index is 14.3. The summed E-state index contributed by atoms with van der Waals surface area (Å²) in [7, 11) is -2.30. The van der Waals surface area contributed by atoms with Gasteiger partial charge in [0, 0.05) is 52.5 Å². The van der Waals surface area contributed by atoms with E-state index in [0.29, 0.717) is 18.4 Å². The molecule has 0 spiro atoms. The Kier molecular flexibility index (Phi) is 15.6. The number of benzene rings is 1. The molecule has 2 saturated carbocycles. The van der Waals surface area contributed by atoms with Gasteiger partial charge in [-0.25, -0.2) is 22.6 Å². The van der Waals surface area contributed by atoms with E-state index in [1.807, 2.05) is 85.9 Å². The van der Waals surface area contributed by atoms with Crippen LogP contribution in [0.3, 0.4) is 0 Å². The van der Waals surface area contributed by atoms with Crippen molar-refractivity contribution in [2.75, 3.05) is 38.3 Å². The summed E-state index contributed by atoms with van der Waals surface area (Å²) in [6, 6.07) is 4.82. The van der Waals surface area contributed by atoms with Crippen molar-refractivity contribution in [2.45, 2.75) is 148 Å². The Morgan fingerprint density at radius 2 is 1.81 bits per heavy atom. The molecule has 6 atom stereocenters. The van der Waals surface area contributed by atoms with Crippen LogP contribution in [-0.2, 0) is 29.1 Å². The van der Waals surface area contributed by atoms with E-state index >= 15 is 0 Å². The van der Waals surface area contributed by atoms with Crippen molar-refractivity contribution in [3.8, 4) is 11.6 Å². The highest BCUT2D eigenvalue weighted by molar-refractivity contribution is 7.91. The third-order valence-electron chi connectivity index (χ3n) is 13.8. The zero-order chi connectivity index (χ0) is 47.4. The van der Waals surface area contributed by atoms with Gasteiger partial charge in [-0.05, 0) is 82.4 Å². The maximum Gasteiger partial charge on any atom is 0.405 e. The zero-order valence-corrected chi connectivity index (χ0v) is 40.2. The number of hydrogen-bond donors (Lipinski definition) is 3. The van der Waals surface area contributed by atoms with Gasteiger partial charge in [-0.1, -0.05) is 67.0 Å². The molecule has 2 aromatic rings. The maximum atomic E-state index is 14.3. The van der Waals surface area contributed by atoms with Crippen molar-refractivity contribution >= 4 is 50.3 Å². The van der Waals surface area contributed by atoms with Crippen molar-refractivity contribution in [3.05, 3.63) is 36.5 Å². The first-order chi connectivity index (χ1) is 30.1. The largest absolute Gasteiger partial charge is 0.489 e. The Morgan fingerprint density at radius 1 is 1.11 bits per heavy atom. The second-order valence-electron chi connectivity index (χ2n) is 19.5. The highest BCUT2D eigenvalue weighted by Gasteiger charge is 2.64. The summed E-state index contributed by atoms with van der Waals surface area (Å²) >= 11 is 0. The molecule has 1 saturated heterocycles. The number of alkyl halides is 1. The van der Waals surface area contributed by atoms with Crippen LogP contribution in [0.25, 0.3) is 10.8 Å². The first-order valence-electron chi connectivity index (χ1n) is 22.9. The van der Waals surface area contributed by atoms with Crippen LogP contribution in [0.4, 0.5) is 14.9 Å². The van der Waals surface area contributed by atoms with Gasteiger partial charge in [-0.3, -0.25) is 19.1 Å². The second kappa shape index (κ2) is 19.8. The number of nitrogens with two attached hydrogens (primary N) is 1. The van der Waals surface area contributed by atoms with Gasteiger partial charge in [0.1, 0.15) is 41.3 Å². The standard InChI is InChI=1S/C37H48FN5O7S.C8H17NO2.C2H6.3H2/c1-4-24-17-23(2)7-5-6-8-25-20-37(25,35(46)41-51(47,48)36(22-38)12-13-36)40-33(45)30-19-26(21-43(30)31(44)18-24)50-34-28-9-10-29-32(27(28)11-14-39-34)49-16-15-42(29)3;1-7(2,3)8(4,5)11-6(9)10;1-2;;;/h6,8-11,14,23-26,30H,4-5,7,12-13,15-22H2,1-3H3,(H,40,45)(H,41,46);1-5H3,(H2,9,10);1-2H3;3*1H/b8-6-;;;;;/t23-,24-,25-,26-,30+,37-;;;;;/m1...../s1. The number of carbonyl (C=O) groups is 4. The summed E-state index contributed by atoms with van der Waals surface area (Å²) in [4.78, 5) is 60.7. The fraction of sp³-hybridized carbons (Fsp3) is 0.681. The molecule has 0 bridgehead atoms. The minimum Gasteiger partial charge on any atom is -0.489 e. The van der Waals surface area contributed by atoms with Gasteiger partial charge in [0.05, 0.1) is 18.8 Å². The summed E-state index contributed by atoms with van der Waals surface area (Å²) < 4.78 is 57.9. The number of allylic oxidation sites excluding steroid dienone is 1. The molecule has 1 aromatic carbocycles. The molecular weight excluding hydrogens is 844 g/mol. The van der Waals surface area contributed by atoms with E-state index in [1.54, 1.807) is 11.1 Å². The highest BCUT2D eigenvalue weighted by atomic mass is 32.2. The van der Waals surface area contributed by atoms with Crippen molar-refractivity contribution in [1.29, 1.82) is 0 Å². The number of likely N-dealkylation sites (N-methyl/N-ethyl adjacent to an activating group) is 1. The van der Waals surface area contributed by atoms with Crippen LogP contribution in [0, 0.1) is 23.2 Å². The number of fused-ring (bicyclic) bond motifs is 5. The summed E-state index contributed by atoms with van der Waals surface area (Å²) in [5.41, 5.74) is 3.73. The first-order valence-corrected chi connectivity index (χ1v) is 24.4. The van der Waals surface area contributed by atoms with E-state index in [-0.39, 0.29) is 60.2 Å². The number of primary amides is 1. The molecule has 3 fully saturated rings. The van der Waals surface area contributed by atoms with Crippen LogP contribution in [0.1, 0.15) is 124 Å². The number of hydrogen-bond acceptors (Lipinski definition) is 11. The Labute approximate surface area is 383 Å². The number of aromatic nitrogens is 1. The number of anilines is 1. The summed E-state index contributed by atoms with van der Waals surface area (Å²) in [5.74, 6) is -0.464. The lowest BCUT2D eigenvalue weighted by Crippen LogP contribution is -2.57. The molecule has 17 heteroatoms. The van der Waals surface area contributed by atoms with Crippen LogP contribution in [0.15, 0.2) is 36.5 Å². The van der Waals surface area contributed by atoms with E-state index in [4.69, 9.17) is 19.9 Å². The monoisotopic (exact) mass is 921 g/mol. The molecule has 362 valence electrons. The van der Waals surface area contributed by atoms with Crippen LogP contribution < -0.4 is 30.1 Å². The molecule has 3 aliphatic heterocycles. The number of sulfonamides is 1. The van der Waals surface area contributed by atoms with Crippen molar-refractivity contribution in [3.63, 3.8) is 0 Å². The quantitative estimate of drug-likeness (QED) is 0.219. The van der Waals surface area contributed by atoms with Gasteiger partial charge in [0.25, 0.3) is 5.91 Å². The van der Waals surface area contributed by atoms with Gasteiger partial charge in [-0.2, -0.15) is 0 Å². The fourth-order valence-electron chi connectivity index (χ4n) is 8.42. The third-order valence-corrected chi connectivity index (χ3v) is 15.9. The number of ether oxygens (including phenoxy) is 3. The Balaban J connectivity index is 0.000000851. The Hall–Kier alpha value is -4.67. The first kappa shape index (κ1) is 50.3. The van der Waals surface area contributed by atoms with Crippen LogP contribution >= 0.6 is 0 Å². The number of nitrogens with one attached hydrogen (secondary N) is 2. The summed E-state index contributed by atoms with van der Waals surface area (Å²) in [5, 5.41) is 4.48. The number of halogens is 1. The molecule has 64 heavy (non-hydrogen) atoms. The summed E-state index contributed by atoms with van der Waals surface area (Å²) in [6.45, 7) is 18.3. The second-order valence-corrected chi connectivity index (χ2v) is 21.5. The van der Waals surface area contributed by atoms with Gasteiger partial charge in [0.2, 0.25) is 27.7 Å². The molecule has 4 amide bonds. The minimum atomic E-state index is -4.31. The number of nitrogens with zero attached hydrogens (tertiary/aromatic N) is 3. The van der Waals surface area contributed by atoms with E-state index in [0.717, 1.165) is 54.4 Å². The normalized spacial score (nSPS) is 27.1. The third kappa shape index (κ3) is 10.9. The smallest absolute Gasteiger partial charge is 0.405 e. The van der Waals surface area contributed by atoms with Gasteiger partial charge in [-0.15, -0.1) is 0 Å². The average Bonchev–Trinajstić information content (AvgIpc) is 4.14. The van der Waals surface area contributed by atoms with Crippen molar-refractivity contribution in [2.24, 2.45) is 28.9 Å². The summed E-state index contributed by atoms with van der Waals surface area (Å²) in [6.07, 6.45) is 8.39. The highest BCUT2D eigenvalue weighted by Crippen LogP contribution is 2.48. The Bertz CT molecular complexity index is 2190. The minimum absolute atomic E-state index is 0. The molecule has 2 aliphatic carbocycles. The molecule has 4 heterocycles. The topological polar surface area (TPSA) is 200 Å². The molecule has 1 aromatic heterocycles. The predicted octanol–water partition coefficient (Wildman–Crippen LogP) is 7.70. The molecule has 0 radical (unpaired) electrons. The van der Waals surface area contributed by atoms with Crippen molar-refractivity contribution < 1.29 is 50.5 Å². The van der Waals surface area contributed by atoms with E-state index in [9.17, 15) is 32.0 Å². The van der Waals surface area contributed by atoms with Gasteiger partial charge in [0.15, 0.2) is 5.75 Å². The average molecular weight is 921 g/mol. The number of carbonyl (C=O) groups excluding carboxylic acids is 4. The number of amides is 4. The lowest BCUT2D eigenvalue weighted by atomic mass is 9.79. The van der Waals surface area contributed by atoms with E-state index in [2.05, 4.69) is 33.8 Å². The van der Waals surface area contributed by atoms with E-state index in [1.165, 1.54) is 0 Å². The lowest BCUT2D eigenvalue weighted by Gasteiger charge is -2.37. The van der Waals surface area contributed by atoms with Crippen LogP contribution in [-0.4, -0.2) is 104 Å². The SMILES string of the molecule is CC.CC(C)(C)C(C)(C)OC(N)=O.CC[C@H]1CC(=O)N2C[C@H](Oc3nccc4c5c(ccc34)N(C)CCO5)C[C@H]2C(=O)N[C@]2(C(=O)NS(=O)(=O)C3(CF)CC3)C[C@H]2/C=C\CC[C@@H](C)C1.[HH].[HH].[HH]. The molecule has 15 nitrogen and oxygen atoms in total. The molecule has 7 rings (SSSR count). The Morgan fingerprint density at radius 3 is 2.42 bits per heavy atom. The number of pyridine rings is 1. The zero-order valence-electron chi connectivity index (χ0n) is 39.4. The van der Waals surface area contributed by atoms with Gasteiger partial charge >= 0.3 is 6.09 Å². The fourth-order valence-corrected chi connectivity index (χ4v) is 9.84. The van der Waals surface area contributed by atoms with Crippen molar-refractivity contribution in [1.82, 2.24) is 19.9 Å². The van der Waals surface area contributed by atoms with E-state index < -0.39 is 68.6 Å². The predicted molar refractivity (Wildman–Crippen MR) is 251 cm³/mol. The van der Waals surface area contributed by atoms with Gasteiger partial charge < -0.3 is 35.1 Å². The number of rotatable bonds is 8. The molecule has 5 aliphatic rings. The van der Waals surface area contributed by atoms with Crippen LogP contribution in [0.2, 0.25) is 0 Å². The molecular formula is C47H77FN6O9S. The molecule has 4 N–H and O–H groups in total.